The van der Waals surface area contributed by atoms with Crippen molar-refractivity contribution in [1.29, 1.82) is 0 Å². The molecule has 0 aromatic carbocycles. The Morgan fingerprint density at radius 3 is 1.42 bits per heavy atom. The minimum absolute atomic E-state index is 0.790. The highest BCUT2D eigenvalue weighted by Gasteiger charge is 2.32. The predicted molar refractivity (Wildman–Crippen MR) is 48.8 cm³/mol. The number of rotatable bonds is 0. The fourth-order valence-corrected chi connectivity index (χ4v) is 1.36. The lowest BCUT2D eigenvalue weighted by Crippen LogP contribution is -2.35. The SMILES string of the molecule is CC1=CC(C)(O)C(C)=CC1(C)O. The van der Waals surface area contributed by atoms with Crippen LogP contribution in [0, 0.1) is 0 Å². The van der Waals surface area contributed by atoms with Gasteiger partial charge in [-0.15, -0.1) is 0 Å². The molecule has 0 amide bonds. The van der Waals surface area contributed by atoms with E-state index in [9.17, 15) is 10.2 Å². The molecule has 2 nitrogen and oxygen atoms in total. The van der Waals surface area contributed by atoms with E-state index in [4.69, 9.17) is 0 Å². The standard InChI is InChI=1S/C10H16O2/c1-7-5-10(4,12)8(2)6-9(7,3)11/h5-6,11-12H,1-4H3. The van der Waals surface area contributed by atoms with E-state index in [2.05, 4.69) is 0 Å². The van der Waals surface area contributed by atoms with Crippen LogP contribution in [-0.4, -0.2) is 21.4 Å². The van der Waals surface area contributed by atoms with Gasteiger partial charge in [0.05, 0.1) is 0 Å². The van der Waals surface area contributed by atoms with Crippen molar-refractivity contribution in [2.75, 3.05) is 0 Å². The fraction of sp³-hybridized carbons (Fsp3) is 0.600. The zero-order chi connectivity index (χ0) is 9.57. The first-order chi connectivity index (χ1) is 5.26. The number of hydrogen-bond donors (Lipinski definition) is 2. The van der Waals surface area contributed by atoms with Gasteiger partial charge in [-0.25, -0.2) is 0 Å². The molecule has 0 saturated heterocycles. The Bertz CT molecular complexity index is 229. The van der Waals surface area contributed by atoms with Crippen LogP contribution >= 0.6 is 0 Å². The molecular weight excluding hydrogens is 152 g/mol. The van der Waals surface area contributed by atoms with Crippen molar-refractivity contribution in [2.45, 2.75) is 38.9 Å². The normalized spacial score (nSPS) is 42.2. The number of hydrogen-bond acceptors (Lipinski definition) is 2. The molecule has 2 atom stereocenters. The van der Waals surface area contributed by atoms with E-state index in [-0.39, 0.29) is 0 Å². The third-order valence-electron chi connectivity index (χ3n) is 2.59. The van der Waals surface area contributed by atoms with Crippen LogP contribution in [0.1, 0.15) is 27.7 Å². The molecule has 0 spiro atoms. The van der Waals surface area contributed by atoms with Crippen LogP contribution in [0.3, 0.4) is 0 Å². The first-order valence-electron chi connectivity index (χ1n) is 4.10. The van der Waals surface area contributed by atoms with Gasteiger partial charge in [0.1, 0.15) is 11.2 Å². The second-order valence-electron chi connectivity index (χ2n) is 3.95. The van der Waals surface area contributed by atoms with E-state index in [0.717, 1.165) is 11.1 Å². The highest BCUT2D eigenvalue weighted by molar-refractivity contribution is 5.38. The molecule has 0 radical (unpaired) electrons. The molecule has 0 aliphatic heterocycles. The molecular formula is C10H16O2. The minimum atomic E-state index is -0.897. The van der Waals surface area contributed by atoms with E-state index >= 15 is 0 Å². The van der Waals surface area contributed by atoms with Gasteiger partial charge in [-0.05, 0) is 51.0 Å². The molecule has 0 bridgehead atoms. The molecule has 0 fully saturated rings. The van der Waals surface area contributed by atoms with Gasteiger partial charge in [0.25, 0.3) is 0 Å². The monoisotopic (exact) mass is 168 g/mol. The second-order valence-corrected chi connectivity index (χ2v) is 3.95. The Hall–Kier alpha value is -0.600. The fourth-order valence-electron chi connectivity index (χ4n) is 1.36. The van der Waals surface area contributed by atoms with Crippen molar-refractivity contribution < 1.29 is 10.2 Å². The third-order valence-corrected chi connectivity index (χ3v) is 2.59. The van der Waals surface area contributed by atoms with Gasteiger partial charge >= 0.3 is 0 Å². The van der Waals surface area contributed by atoms with Crippen LogP contribution < -0.4 is 0 Å². The molecule has 2 heteroatoms. The van der Waals surface area contributed by atoms with Crippen molar-refractivity contribution in [3.8, 4) is 0 Å². The second kappa shape index (κ2) is 2.44. The van der Waals surface area contributed by atoms with Crippen LogP contribution in [0.25, 0.3) is 0 Å². The summed E-state index contributed by atoms with van der Waals surface area (Å²) in [7, 11) is 0. The number of aliphatic hydroxyl groups is 2. The minimum Gasteiger partial charge on any atom is -0.382 e. The Labute approximate surface area is 73.2 Å². The van der Waals surface area contributed by atoms with Crippen molar-refractivity contribution in [2.24, 2.45) is 0 Å². The van der Waals surface area contributed by atoms with Gasteiger partial charge in [0, 0.05) is 0 Å². The van der Waals surface area contributed by atoms with Crippen LogP contribution in [-0.2, 0) is 0 Å². The summed E-state index contributed by atoms with van der Waals surface area (Å²) in [6.45, 7) is 7.07. The Morgan fingerprint density at radius 1 is 0.917 bits per heavy atom. The molecule has 68 valence electrons. The van der Waals surface area contributed by atoms with Crippen LogP contribution in [0.4, 0.5) is 0 Å². The first-order valence-corrected chi connectivity index (χ1v) is 4.10. The molecule has 2 unspecified atom stereocenters. The molecule has 12 heavy (non-hydrogen) atoms. The van der Waals surface area contributed by atoms with Gasteiger partial charge in [-0.1, -0.05) is 0 Å². The van der Waals surface area contributed by atoms with Gasteiger partial charge in [-0.2, -0.15) is 0 Å². The average Bonchev–Trinajstić information content (AvgIpc) is 1.82. The summed E-state index contributed by atoms with van der Waals surface area (Å²) in [5, 5.41) is 19.6. The molecule has 0 aromatic rings. The zero-order valence-corrected chi connectivity index (χ0v) is 8.05. The predicted octanol–water partition coefficient (Wildman–Crippen LogP) is 1.39. The topological polar surface area (TPSA) is 40.5 Å². The largest absolute Gasteiger partial charge is 0.382 e. The Morgan fingerprint density at radius 2 is 1.17 bits per heavy atom. The third kappa shape index (κ3) is 1.45. The molecule has 1 rings (SSSR count). The highest BCUT2D eigenvalue weighted by Crippen LogP contribution is 2.32. The van der Waals surface area contributed by atoms with E-state index in [1.165, 1.54) is 0 Å². The summed E-state index contributed by atoms with van der Waals surface area (Å²) in [5.41, 5.74) is -0.213. The van der Waals surface area contributed by atoms with E-state index < -0.39 is 11.2 Å². The maximum absolute atomic E-state index is 9.79. The van der Waals surface area contributed by atoms with Gasteiger partial charge < -0.3 is 10.2 Å². The summed E-state index contributed by atoms with van der Waals surface area (Å²) in [5.74, 6) is 0. The lowest BCUT2D eigenvalue weighted by atomic mass is 9.80. The van der Waals surface area contributed by atoms with Crippen LogP contribution in [0.5, 0.6) is 0 Å². The summed E-state index contributed by atoms with van der Waals surface area (Å²) in [6.07, 6.45) is 3.39. The zero-order valence-electron chi connectivity index (χ0n) is 8.05. The summed E-state index contributed by atoms with van der Waals surface area (Å²) < 4.78 is 0. The summed E-state index contributed by atoms with van der Waals surface area (Å²) >= 11 is 0. The smallest absolute Gasteiger partial charge is 0.101 e. The van der Waals surface area contributed by atoms with Gasteiger partial charge in [0.2, 0.25) is 0 Å². The lowest BCUT2D eigenvalue weighted by Gasteiger charge is -2.33. The van der Waals surface area contributed by atoms with E-state index in [0.29, 0.717) is 0 Å². The van der Waals surface area contributed by atoms with Crippen molar-refractivity contribution >= 4 is 0 Å². The van der Waals surface area contributed by atoms with E-state index in [1.807, 2.05) is 13.8 Å². The summed E-state index contributed by atoms with van der Waals surface area (Å²) in [6, 6.07) is 0. The van der Waals surface area contributed by atoms with Gasteiger partial charge in [-0.3, -0.25) is 0 Å². The maximum atomic E-state index is 9.79. The quantitative estimate of drug-likeness (QED) is 0.537. The Balaban J connectivity index is 3.13. The van der Waals surface area contributed by atoms with E-state index in [1.54, 1.807) is 26.0 Å². The summed E-state index contributed by atoms with van der Waals surface area (Å²) in [4.78, 5) is 0. The molecule has 0 aromatic heterocycles. The lowest BCUT2D eigenvalue weighted by molar-refractivity contribution is 0.109. The maximum Gasteiger partial charge on any atom is 0.101 e. The van der Waals surface area contributed by atoms with Crippen LogP contribution in [0.15, 0.2) is 23.3 Å². The highest BCUT2D eigenvalue weighted by atomic mass is 16.3. The van der Waals surface area contributed by atoms with Crippen molar-refractivity contribution in [3.05, 3.63) is 23.3 Å². The molecule has 1 aliphatic carbocycles. The van der Waals surface area contributed by atoms with Gasteiger partial charge in [0.15, 0.2) is 0 Å². The molecule has 1 aliphatic rings. The molecule has 0 heterocycles. The Kier molecular flexibility index (Phi) is 1.93. The first kappa shape index (κ1) is 9.49. The van der Waals surface area contributed by atoms with Crippen LogP contribution in [0.2, 0.25) is 0 Å². The van der Waals surface area contributed by atoms with Crippen molar-refractivity contribution in [3.63, 3.8) is 0 Å². The molecule has 0 saturated carbocycles. The average molecular weight is 168 g/mol. The molecule has 2 N–H and O–H groups in total. The van der Waals surface area contributed by atoms with Crippen molar-refractivity contribution in [1.82, 2.24) is 0 Å².